The molecule has 0 atom stereocenters. The Morgan fingerprint density at radius 3 is 2.57 bits per heavy atom. The van der Waals surface area contributed by atoms with Gasteiger partial charge in [-0.2, -0.15) is 0 Å². The van der Waals surface area contributed by atoms with Gasteiger partial charge in [0.25, 0.3) is 5.91 Å². The van der Waals surface area contributed by atoms with Crippen LogP contribution in [0.15, 0.2) is 36.4 Å². The maximum atomic E-state index is 13.4. The second-order valence-corrected chi connectivity index (χ2v) is 5.01. The maximum Gasteiger partial charge on any atom is 0.276 e. The highest BCUT2D eigenvalue weighted by atomic mass is 19.1. The summed E-state index contributed by atoms with van der Waals surface area (Å²) < 4.78 is 13.4. The molecule has 0 fully saturated rings. The molecule has 0 bridgehead atoms. The standard InChI is InChI=1S/C15H17FN4O/c1-10(2)9-17-14-8-7-13(19-20-14)15(21)18-12-6-4-3-5-11(12)16/h3-8,10H,9H2,1-2H3,(H,17,20)(H,18,21). The first kappa shape index (κ1) is 14.9. The minimum atomic E-state index is -0.497. The number of carbonyl (C=O) groups is 1. The van der Waals surface area contributed by atoms with E-state index < -0.39 is 11.7 Å². The van der Waals surface area contributed by atoms with Crippen LogP contribution in [0.4, 0.5) is 15.9 Å². The fourth-order valence-corrected chi connectivity index (χ4v) is 1.61. The van der Waals surface area contributed by atoms with Crippen LogP contribution in [0.5, 0.6) is 0 Å². The number of hydrogen-bond acceptors (Lipinski definition) is 4. The van der Waals surface area contributed by atoms with Crippen LogP contribution < -0.4 is 10.6 Å². The number of para-hydroxylation sites is 1. The normalized spacial score (nSPS) is 10.5. The Balaban J connectivity index is 2.01. The van der Waals surface area contributed by atoms with E-state index in [1.807, 2.05) is 0 Å². The molecule has 110 valence electrons. The van der Waals surface area contributed by atoms with E-state index >= 15 is 0 Å². The molecular weight excluding hydrogens is 271 g/mol. The number of nitrogens with zero attached hydrogens (tertiary/aromatic N) is 2. The molecule has 5 nitrogen and oxygen atoms in total. The smallest absolute Gasteiger partial charge is 0.276 e. The van der Waals surface area contributed by atoms with Crippen molar-refractivity contribution in [1.29, 1.82) is 0 Å². The number of hydrogen-bond donors (Lipinski definition) is 2. The van der Waals surface area contributed by atoms with Crippen LogP contribution >= 0.6 is 0 Å². The first-order valence-electron chi connectivity index (χ1n) is 6.69. The second-order valence-electron chi connectivity index (χ2n) is 5.01. The largest absolute Gasteiger partial charge is 0.368 e. The molecule has 21 heavy (non-hydrogen) atoms. The number of anilines is 2. The van der Waals surface area contributed by atoms with E-state index in [2.05, 4.69) is 34.7 Å². The monoisotopic (exact) mass is 288 g/mol. The van der Waals surface area contributed by atoms with Crippen molar-refractivity contribution in [3.63, 3.8) is 0 Å². The van der Waals surface area contributed by atoms with Gasteiger partial charge in [-0.3, -0.25) is 4.79 Å². The van der Waals surface area contributed by atoms with Gasteiger partial charge in [-0.1, -0.05) is 26.0 Å². The summed E-state index contributed by atoms with van der Waals surface area (Å²) in [6.45, 7) is 4.93. The van der Waals surface area contributed by atoms with Gasteiger partial charge in [0.2, 0.25) is 0 Å². The van der Waals surface area contributed by atoms with Gasteiger partial charge in [-0.25, -0.2) is 4.39 Å². The predicted octanol–water partition coefficient (Wildman–Crippen LogP) is 2.94. The third-order valence-corrected chi connectivity index (χ3v) is 2.71. The Labute approximate surface area is 122 Å². The van der Waals surface area contributed by atoms with Crippen LogP contribution in [-0.4, -0.2) is 22.6 Å². The van der Waals surface area contributed by atoms with E-state index in [1.54, 1.807) is 24.3 Å². The molecular formula is C15H17FN4O. The van der Waals surface area contributed by atoms with E-state index in [9.17, 15) is 9.18 Å². The van der Waals surface area contributed by atoms with Gasteiger partial charge in [-0.05, 0) is 30.2 Å². The Bertz CT molecular complexity index is 613. The van der Waals surface area contributed by atoms with E-state index in [1.165, 1.54) is 12.1 Å². The molecule has 1 heterocycles. The van der Waals surface area contributed by atoms with Crippen LogP contribution in [-0.2, 0) is 0 Å². The number of carbonyl (C=O) groups excluding carboxylic acids is 1. The molecule has 0 aliphatic carbocycles. The van der Waals surface area contributed by atoms with Crippen molar-refractivity contribution >= 4 is 17.4 Å². The number of aromatic nitrogens is 2. The quantitative estimate of drug-likeness (QED) is 0.887. The lowest BCUT2D eigenvalue weighted by Gasteiger charge is -2.08. The summed E-state index contributed by atoms with van der Waals surface area (Å²) in [4.78, 5) is 11.9. The summed E-state index contributed by atoms with van der Waals surface area (Å²) in [6.07, 6.45) is 0. The van der Waals surface area contributed by atoms with Crippen molar-refractivity contribution < 1.29 is 9.18 Å². The highest BCUT2D eigenvalue weighted by Gasteiger charge is 2.11. The Morgan fingerprint density at radius 1 is 1.19 bits per heavy atom. The van der Waals surface area contributed by atoms with Crippen molar-refractivity contribution in [3.8, 4) is 0 Å². The minimum Gasteiger partial charge on any atom is -0.368 e. The van der Waals surface area contributed by atoms with Gasteiger partial charge >= 0.3 is 0 Å². The summed E-state index contributed by atoms with van der Waals surface area (Å²) in [5.74, 6) is 0.0963. The third-order valence-electron chi connectivity index (χ3n) is 2.71. The first-order valence-corrected chi connectivity index (χ1v) is 6.69. The lowest BCUT2D eigenvalue weighted by molar-refractivity contribution is 0.102. The van der Waals surface area contributed by atoms with Crippen LogP contribution in [0.1, 0.15) is 24.3 Å². The maximum absolute atomic E-state index is 13.4. The van der Waals surface area contributed by atoms with Crippen LogP contribution in [0.3, 0.4) is 0 Å². The molecule has 0 saturated heterocycles. The van der Waals surface area contributed by atoms with Gasteiger partial charge in [-0.15, -0.1) is 10.2 Å². The summed E-state index contributed by atoms with van der Waals surface area (Å²) >= 11 is 0. The van der Waals surface area contributed by atoms with Gasteiger partial charge in [0.1, 0.15) is 11.6 Å². The van der Waals surface area contributed by atoms with Gasteiger partial charge in [0.05, 0.1) is 5.69 Å². The Kier molecular flexibility index (Phi) is 4.81. The van der Waals surface area contributed by atoms with Gasteiger partial charge < -0.3 is 10.6 Å². The molecule has 1 aromatic carbocycles. The summed E-state index contributed by atoms with van der Waals surface area (Å²) in [6, 6.07) is 9.18. The van der Waals surface area contributed by atoms with Gasteiger partial charge in [0.15, 0.2) is 5.69 Å². The Morgan fingerprint density at radius 2 is 1.95 bits per heavy atom. The molecule has 2 aromatic rings. The highest BCUT2D eigenvalue weighted by molar-refractivity contribution is 6.02. The lowest BCUT2D eigenvalue weighted by Crippen LogP contribution is -2.16. The second kappa shape index (κ2) is 6.78. The van der Waals surface area contributed by atoms with Crippen LogP contribution in [0.2, 0.25) is 0 Å². The summed E-state index contributed by atoms with van der Waals surface area (Å²) in [5, 5.41) is 13.3. The fraction of sp³-hybridized carbons (Fsp3) is 0.267. The molecule has 0 saturated carbocycles. The summed E-state index contributed by atoms with van der Waals surface area (Å²) in [5.41, 5.74) is 0.250. The molecule has 1 amide bonds. The number of benzene rings is 1. The van der Waals surface area contributed by atoms with E-state index in [0.717, 1.165) is 6.54 Å². The summed E-state index contributed by atoms with van der Waals surface area (Å²) in [7, 11) is 0. The first-order chi connectivity index (χ1) is 10.1. The number of nitrogens with one attached hydrogen (secondary N) is 2. The van der Waals surface area contributed by atoms with E-state index in [4.69, 9.17) is 0 Å². The SMILES string of the molecule is CC(C)CNc1ccc(C(=O)Nc2ccccc2F)nn1. The van der Waals surface area contributed by atoms with E-state index in [0.29, 0.717) is 11.7 Å². The zero-order valence-corrected chi connectivity index (χ0v) is 11.9. The molecule has 0 unspecified atom stereocenters. The molecule has 0 spiro atoms. The molecule has 1 aromatic heterocycles. The molecule has 0 aliphatic rings. The highest BCUT2D eigenvalue weighted by Crippen LogP contribution is 2.13. The zero-order chi connectivity index (χ0) is 15.2. The molecule has 2 N–H and O–H groups in total. The average molecular weight is 288 g/mol. The van der Waals surface area contributed by atoms with Crippen molar-refractivity contribution in [2.45, 2.75) is 13.8 Å². The topological polar surface area (TPSA) is 66.9 Å². The van der Waals surface area contributed by atoms with Crippen molar-refractivity contribution in [1.82, 2.24) is 10.2 Å². The van der Waals surface area contributed by atoms with Crippen molar-refractivity contribution in [3.05, 3.63) is 47.9 Å². The molecule has 6 heteroatoms. The van der Waals surface area contributed by atoms with Crippen LogP contribution in [0, 0.1) is 11.7 Å². The molecule has 0 radical (unpaired) electrons. The van der Waals surface area contributed by atoms with Crippen molar-refractivity contribution in [2.75, 3.05) is 17.2 Å². The average Bonchev–Trinajstić information content (AvgIpc) is 2.48. The van der Waals surface area contributed by atoms with Crippen molar-refractivity contribution in [2.24, 2.45) is 5.92 Å². The zero-order valence-electron chi connectivity index (χ0n) is 11.9. The molecule has 0 aliphatic heterocycles. The predicted molar refractivity (Wildman–Crippen MR) is 79.7 cm³/mol. The van der Waals surface area contributed by atoms with Gasteiger partial charge in [0, 0.05) is 6.54 Å². The minimum absolute atomic E-state index is 0.117. The fourth-order valence-electron chi connectivity index (χ4n) is 1.61. The van der Waals surface area contributed by atoms with Crippen LogP contribution in [0.25, 0.3) is 0 Å². The number of amides is 1. The number of halogens is 1. The van der Waals surface area contributed by atoms with E-state index in [-0.39, 0.29) is 11.4 Å². The molecule has 2 rings (SSSR count). The number of rotatable bonds is 5. The lowest BCUT2D eigenvalue weighted by atomic mass is 10.2. The Hall–Kier alpha value is -2.50. The third kappa shape index (κ3) is 4.24.